The third kappa shape index (κ3) is 8.29. The Morgan fingerprint density at radius 1 is 0.960 bits per heavy atom. The zero-order valence-corrected chi connectivity index (χ0v) is 27.6. The number of hydrazone groups is 1. The van der Waals surface area contributed by atoms with Crippen LogP contribution in [0.25, 0.3) is 10.9 Å². The van der Waals surface area contributed by atoms with E-state index in [4.69, 9.17) is 10.8 Å². The minimum Gasteiger partial charge on any atom is -0.480 e. The van der Waals surface area contributed by atoms with E-state index in [1.165, 1.54) is 0 Å². The maximum Gasteiger partial charge on any atom is 0.322 e. The molecule has 2 aromatic heterocycles. The van der Waals surface area contributed by atoms with Crippen LogP contribution in [0.2, 0.25) is 0 Å². The van der Waals surface area contributed by atoms with Crippen LogP contribution in [0.1, 0.15) is 66.7 Å². The second-order valence-electron chi connectivity index (χ2n) is 12.7. The van der Waals surface area contributed by atoms with Crippen molar-refractivity contribution in [1.82, 2.24) is 25.2 Å². The van der Waals surface area contributed by atoms with Gasteiger partial charge in [0.1, 0.15) is 6.04 Å². The number of fused-ring (bicyclic) bond motifs is 2. The maximum absolute atomic E-state index is 13.9. The van der Waals surface area contributed by atoms with E-state index in [-0.39, 0.29) is 18.4 Å². The molecule has 0 radical (unpaired) electrons. The van der Waals surface area contributed by atoms with E-state index < -0.39 is 23.8 Å². The molecule has 4 amide bonds. The van der Waals surface area contributed by atoms with Crippen molar-refractivity contribution in [2.45, 2.75) is 63.6 Å². The van der Waals surface area contributed by atoms with Gasteiger partial charge in [0.2, 0.25) is 5.91 Å². The van der Waals surface area contributed by atoms with Crippen molar-refractivity contribution in [3.05, 3.63) is 102 Å². The summed E-state index contributed by atoms with van der Waals surface area (Å²) >= 11 is 0. The third-order valence-corrected chi connectivity index (χ3v) is 9.10. The molecule has 0 fully saturated rings. The first-order valence-corrected chi connectivity index (χ1v) is 16.8. The molecule has 13 heteroatoms. The molecule has 0 saturated heterocycles. The van der Waals surface area contributed by atoms with Crippen LogP contribution in [0.3, 0.4) is 0 Å². The molecule has 2 aliphatic rings. The number of carbonyl (C=O) groups is 4. The molecule has 0 spiro atoms. The van der Waals surface area contributed by atoms with Gasteiger partial charge in [-0.3, -0.25) is 24.4 Å². The van der Waals surface area contributed by atoms with Gasteiger partial charge in [0, 0.05) is 55.7 Å². The molecular weight excluding hydrogens is 636 g/mol. The topological polar surface area (TPSA) is 183 Å². The monoisotopic (exact) mass is 676 g/mol. The molecule has 258 valence electrons. The van der Waals surface area contributed by atoms with Crippen LogP contribution in [-0.4, -0.2) is 73.6 Å². The number of rotatable bonds is 14. The van der Waals surface area contributed by atoms with Crippen LogP contribution in [0, 0.1) is 0 Å². The Labute approximate surface area is 289 Å². The van der Waals surface area contributed by atoms with Crippen molar-refractivity contribution in [3.8, 4) is 0 Å². The van der Waals surface area contributed by atoms with E-state index >= 15 is 0 Å². The summed E-state index contributed by atoms with van der Waals surface area (Å²) < 4.78 is 0. The number of primary amides is 1. The normalized spacial score (nSPS) is 16.2. The number of anilines is 1. The predicted molar refractivity (Wildman–Crippen MR) is 188 cm³/mol. The number of nitrogens with one attached hydrogen (secondary N) is 2. The average Bonchev–Trinajstić information content (AvgIpc) is 3.56. The number of nitrogens with zero attached hydrogens (tertiary/aromatic N) is 5. The van der Waals surface area contributed by atoms with E-state index in [0.717, 1.165) is 51.7 Å². The van der Waals surface area contributed by atoms with Crippen molar-refractivity contribution in [3.63, 3.8) is 0 Å². The highest BCUT2D eigenvalue weighted by molar-refractivity contribution is 6.06. The smallest absolute Gasteiger partial charge is 0.322 e. The number of urea groups is 1. The summed E-state index contributed by atoms with van der Waals surface area (Å²) in [7, 11) is 0. The third-order valence-electron chi connectivity index (χ3n) is 9.10. The van der Waals surface area contributed by atoms with E-state index in [0.29, 0.717) is 51.1 Å². The number of nitrogens with two attached hydrogens (primary N) is 1. The molecule has 13 nitrogen and oxygen atoms in total. The first kappa shape index (κ1) is 34.2. The molecule has 6 rings (SSSR count). The molecule has 4 heterocycles. The number of carboxylic acids is 1. The maximum atomic E-state index is 13.9. The molecule has 5 N–H and O–H groups in total. The molecule has 2 aromatic carbocycles. The summed E-state index contributed by atoms with van der Waals surface area (Å²) in [6.07, 6.45) is 8.46. The van der Waals surface area contributed by atoms with Crippen molar-refractivity contribution in [1.29, 1.82) is 0 Å². The quantitative estimate of drug-likeness (QED) is 0.142. The fourth-order valence-electron chi connectivity index (χ4n) is 6.37. The number of aromatic nitrogens is 2. The van der Waals surface area contributed by atoms with Crippen LogP contribution in [-0.2, 0) is 27.5 Å². The van der Waals surface area contributed by atoms with E-state index in [1.807, 2.05) is 60.7 Å². The van der Waals surface area contributed by atoms with E-state index in [1.54, 1.807) is 28.5 Å². The number of hydrogen-bond donors (Lipinski definition) is 4. The fraction of sp³-hybridized carbons (Fsp3) is 0.324. The Bertz CT molecular complexity index is 1890. The van der Waals surface area contributed by atoms with Gasteiger partial charge < -0.3 is 26.4 Å². The molecule has 2 atom stereocenters. The molecule has 2 unspecified atom stereocenters. The fourth-order valence-corrected chi connectivity index (χ4v) is 6.37. The van der Waals surface area contributed by atoms with Gasteiger partial charge in [-0.2, -0.15) is 5.10 Å². The minimum absolute atomic E-state index is 0.0767. The van der Waals surface area contributed by atoms with Gasteiger partial charge in [-0.25, -0.2) is 9.80 Å². The summed E-state index contributed by atoms with van der Waals surface area (Å²) in [6, 6.07) is 18.1. The first-order chi connectivity index (χ1) is 24.2. The zero-order valence-electron chi connectivity index (χ0n) is 27.6. The average molecular weight is 677 g/mol. The SMILES string of the molecule is NC(=O)CC(NCCCCCCN1N=C(c2ccc(NC(=O)N3Cc4ccncc4C3)cc2)CC(c2ccc3cccnc3c2)C1=O)C(=O)O. The van der Waals surface area contributed by atoms with Crippen molar-refractivity contribution in [2.24, 2.45) is 10.8 Å². The van der Waals surface area contributed by atoms with Crippen LogP contribution < -0.4 is 16.4 Å². The van der Waals surface area contributed by atoms with Crippen LogP contribution in [0.5, 0.6) is 0 Å². The number of carbonyl (C=O) groups excluding carboxylic acids is 3. The van der Waals surface area contributed by atoms with Gasteiger partial charge in [0.25, 0.3) is 5.91 Å². The molecule has 4 aromatic rings. The Balaban J connectivity index is 1.11. The largest absolute Gasteiger partial charge is 0.480 e. The summed E-state index contributed by atoms with van der Waals surface area (Å²) in [5.74, 6) is -2.29. The van der Waals surface area contributed by atoms with Crippen molar-refractivity contribution >= 4 is 46.1 Å². The zero-order chi connectivity index (χ0) is 35.0. The molecular formula is C37H40N8O5. The van der Waals surface area contributed by atoms with Crippen LogP contribution >= 0.6 is 0 Å². The Morgan fingerprint density at radius 3 is 2.54 bits per heavy atom. The van der Waals surface area contributed by atoms with Gasteiger partial charge in [0.05, 0.1) is 23.6 Å². The standard InChI is InChI=1S/C37H40N8O5/c38-34(46)20-33(36(48)49)41-14-3-1-2-4-17-45-35(47)30(26-8-7-24-6-5-15-40-31(24)18-26)19-32(43-45)25-9-11-29(12-10-25)42-37(50)44-22-27-13-16-39-21-28(27)23-44/h5-13,15-16,18,21,30,33,41H,1-4,14,17,19-20,22-23H2,(H2,38,46)(H,42,50)(H,48,49). The highest BCUT2D eigenvalue weighted by Crippen LogP contribution is 2.31. The molecule has 0 bridgehead atoms. The number of carboxylic acid groups (broad SMARTS) is 1. The van der Waals surface area contributed by atoms with Crippen LogP contribution in [0.4, 0.5) is 10.5 Å². The molecule has 50 heavy (non-hydrogen) atoms. The number of amides is 4. The summed E-state index contributed by atoms with van der Waals surface area (Å²) in [4.78, 5) is 59.7. The number of aliphatic carboxylic acids is 1. The Kier molecular flexibility index (Phi) is 10.7. The number of benzene rings is 2. The second kappa shape index (κ2) is 15.7. The van der Waals surface area contributed by atoms with Gasteiger partial charge >= 0.3 is 12.0 Å². The molecule has 0 aliphatic carbocycles. The van der Waals surface area contributed by atoms with Gasteiger partial charge in [-0.15, -0.1) is 0 Å². The van der Waals surface area contributed by atoms with Crippen LogP contribution in [0.15, 0.2) is 84.4 Å². The summed E-state index contributed by atoms with van der Waals surface area (Å²) in [5, 5.41) is 22.5. The van der Waals surface area contributed by atoms with E-state index in [9.17, 15) is 24.3 Å². The lowest BCUT2D eigenvalue weighted by Crippen LogP contribution is -2.40. The lowest BCUT2D eigenvalue weighted by atomic mass is 9.88. The van der Waals surface area contributed by atoms with Crippen molar-refractivity contribution in [2.75, 3.05) is 18.4 Å². The summed E-state index contributed by atoms with van der Waals surface area (Å²) in [5.41, 5.74) is 11.3. The highest BCUT2D eigenvalue weighted by Gasteiger charge is 2.33. The first-order valence-electron chi connectivity index (χ1n) is 16.8. The Hall–Kier alpha value is -5.69. The molecule has 0 saturated carbocycles. The van der Waals surface area contributed by atoms with E-state index in [2.05, 4.69) is 20.6 Å². The predicted octanol–water partition coefficient (Wildman–Crippen LogP) is 4.38. The second-order valence-corrected chi connectivity index (χ2v) is 12.7. The van der Waals surface area contributed by atoms with Gasteiger partial charge in [0.15, 0.2) is 0 Å². The lowest BCUT2D eigenvalue weighted by Gasteiger charge is -2.30. The number of unbranched alkanes of at least 4 members (excludes halogenated alkanes) is 3. The minimum atomic E-state index is -1.11. The molecule has 2 aliphatic heterocycles. The van der Waals surface area contributed by atoms with Crippen molar-refractivity contribution < 1.29 is 24.3 Å². The summed E-state index contributed by atoms with van der Waals surface area (Å²) in [6.45, 7) is 1.91. The lowest BCUT2D eigenvalue weighted by molar-refractivity contribution is -0.141. The van der Waals surface area contributed by atoms with Gasteiger partial charge in [-0.05, 0) is 72.0 Å². The highest BCUT2D eigenvalue weighted by atomic mass is 16.4. The Morgan fingerprint density at radius 2 is 1.76 bits per heavy atom. The number of pyridine rings is 2. The van der Waals surface area contributed by atoms with Gasteiger partial charge in [-0.1, -0.05) is 43.2 Å². The number of hydrogen-bond acceptors (Lipinski definition) is 8.